The van der Waals surface area contributed by atoms with Gasteiger partial charge in [0.2, 0.25) is 0 Å². The van der Waals surface area contributed by atoms with Crippen LogP contribution in [0.1, 0.15) is 12.5 Å². The zero-order valence-electron chi connectivity index (χ0n) is 6.20. The third kappa shape index (κ3) is 1.69. The maximum Gasteiger partial charge on any atom is 0.131 e. The van der Waals surface area contributed by atoms with Crippen molar-refractivity contribution >= 4 is 21.5 Å². The fourth-order valence-corrected chi connectivity index (χ4v) is 1.59. The van der Waals surface area contributed by atoms with E-state index in [1.807, 2.05) is 0 Å². The Labute approximate surface area is 73.9 Å². The van der Waals surface area contributed by atoms with Crippen LogP contribution in [0.25, 0.3) is 5.57 Å². The van der Waals surface area contributed by atoms with Gasteiger partial charge in [-0.2, -0.15) is 0 Å². The average Bonchev–Trinajstić information content (AvgIpc) is 1.85. The number of hydrogen-bond donors (Lipinski definition) is 0. The molecule has 0 aromatic heterocycles. The average molecular weight is 215 g/mol. The molecule has 0 aliphatic rings. The molecule has 1 aromatic carbocycles. The molecule has 0 saturated carbocycles. The highest BCUT2D eigenvalue weighted by atomic mass is 79.9. The Bertz CT molecular complexity index is 271. The molecule has 0 radical (unpaired) electrons. The minimum absolute atomic E-state index is 0.230. The molecule has 58 valence electrons. The number of hydrogen-bond acceptors (Lipinski definition) is 0. The van der Waals surface area contributed by atoms with Crippen molar-refractivity contribution in [3.63, 3.8) is 0 Å². The van der Waals surface area contributed by atoms with Gasteiger partial charge in [0, 0.05) is 10.0 Å². The van der Waals surface area contributed by atoms with E-state index in [0.717, 1.165) is 10.0 Å². The Kier molecular flexibility index (Phi) is 2.45. The Morgan fingerprint density at radius 1 is 1.55 bits per heavy atom. The predicted molar refractivity (Wildman–Crippen MR) is 48.8 cm³/mol. The molecule has 0 fully saturated rings. The lowest BCUT2D eigenvalue weighted by Crippen LogP contribution is -1.86. The smallest absolute Gasteiger partial charge is 0.131 e. The molecule has 0 spiro atoms. The van der Waals surface area contributed by atoms with E-state index in [0.29, 0.717) is 5.56 Å². The van der Waals surface area contributed by atoms with Crippen LogP contribution in [0.5, 0.6) is 0 Å². The maximum absolute atomic E-state index is 13.0. The van der Waals surface area contributed by atoms with Crippen LogP contribution in [-0.2, 0) is 0 Å². The highest BCUT2D eigenvalue weighted by Crippen LogP contribution is 2.25. The van der Waals surface area contributed by atoms with Gasteiger partial charge in [0.1, 0.15) is 5.82 Å². The number of halogens is 2. The van der Waals surface area contributed by atoms with Crippen molar-refractivity contribution in [1.82, 2.24) is 0 Å². The fourth-order valence-electron chi connectivity index (χ4n) is 0.906. The van der Waals surface area contributed by atoms with E-state index < -0.39 is 0 Å². The topological polar surface area (TPSA) is 0 Å². The molecule has 0 aliphatic carbocycles. The van der Waals surface area contributed by atoms with Crippen molar-refractivity contribution < 1.29 is 4.39 Å². The largest absolute Gasteiger partial charge is 0.206 e. The van der Waals surface area contributed by atoms with Gasteiger partial charge < -0.3 is 0 Å². The van der Waals surface area contributed by atoms with E-state index in [-0.39, 0.29) is 5.82 Å². The van der Waals surface area contributed by atoms with Gasteiger partial charge in [-0.25, -0.2) is 4.39 Å². The summed E-state index contributed by atoms with van der Waals surface area (Å²) in [6.07, 6.45) is 0. The summed E-state index contributed by atoms with van der Waals surface area (Å²) in [6.45, 7) is 5.46. The van der Waals surface area contributed by atoms with Crippen LogP contribution in [0, 0.1) is 5.82 Å². The van der Waals surface area contributed by atoms with E-state index in [4.69, 9.17) is 0 Å². The minimum Gasteiger partial charge on any atom is -0.206 e. The summed E-state index contributed by atoms with van der Waals surface area (Å²) in [6, 6.07) is 4.88. The van der Waals surface area contributed by atoms with Gasteiger partial charge in [0.05, 0.1) is 0 Å². The molecule has 11 heavy (non-hydrogen) atoms. The lowest BCUT2D eigenvalue weighted by molar-refractivity contribution is 0.623. The normalized spacial score (nSPS) is 9.73. The number of benzene rings is 1. The Hall–Kier alpha value is -0.630. The van der Waals surface area contributed by atoms with Crippen molar-refractivity contribution in [3.05, 3.63) is 40.6 Å². The Morgan fingerprint density at radius 2 is 2.18 bits per heavy atom. The van der Waals surface area contributed by atoms with Gasteiger partial charge >= 0.3 is 0 Å². The lowest BCUT2D eigenvalue weighted by Gasteiger charge is -2.03. The van der Waals surface area contributed by atoms with Gasteiger partial charge in [-0.05, 0) is 24.6 Å². The molecule has 1 aromatic rings. The molecule has 0 unspecified atom stereocenters. The maximum atomic E-state index is 13.0. The number of rotatable bonds is 1. The van der Waals surface area contributed by atoms with Crippen LogP contribution in [-0.4, -0.2) is 0 Å². The lowest BCUT2D eigenvalue weighted by atomic mass is 10.1. The highest BCUT2D eigenvalue weighted by Gasteiger charge is 2.05. The minimum atomic E-state index is -0.230. The van der Waals surface area contributed by atoms with Crippen molar-refractivity contribution in [3.8, 4) is 0 Å². The van der Waals surface area contributed by atoms with Crippen LogP contribution in [0.2, 0.25) is 0 Å². The van der Waals surface area contributed by atoms with Crippen LogP contribution < -0.4 is 0 Å². The summed E-state index contributed by atoms with van der Waals surface area (Å²) in [7, 11) is 0. The molecule has 1 rings (SSSR count). The molecule has 0 N–H and O–H groups in total. The third-order valence-corrected chi connectivity index (χ3v) is 2.05. The van der Waals surface area contributed by atoms with Crippen LogP contribution in [0.3, 0.4) is 0 Å². The zero-order valence-corrected chi connectivity index (χ0v) is 7.78. The Morgan fingerprint density at radius 3 is 2.55 bits per heavy atom. The van der Waals surface area contributed by atoms with E-state index in [9.17, 15) is 4.39 Å². The quantitative estimate of drug-likeness (QED) is 0.671. The molecule has 2 heteroatoms. The standard InChI is InChI=1S/C9H8BrF/c1-6(2)9-7(10)4-3-5-8(9)11/h3-5H,1H2,2H3. The van der Waals surface area contributed by atoms with Crippen LogP contribution in [0.4, 0.5) is 4.39 Å². The van der Waals surface area contributed by atoms with Gasteiger partial charge in [0.25, 0.3) is 0 Å². The van der Waals surface area contributed by atoms with E-state index in [1.54, 1.807) is 19.1 Å². The van der Waals surface area contributed by atoms with Gasteiger partial charge in [-0.1, -0.05) is 28.6 Å². The first-order valence-electron chi connectivity index (χ1n) is 3.23. The number of allylic oxidation sites excluding steroid dienone is 1. The van der Waals surface area contributed by atoms with Crippen LogP contribution in [0.15, 0.2) is 29.3 Å². The summed E-state index contributed by atoms with van der Waals surface area (Å²) >= 11 is 3.25. The summed E-state index contributed by atoms with van der Waals surface area (Å²) in [5.74, 6) is -0.230. The second kappa shape index (κ2) is 3.18. The third-order valence-electron chi connectivity index (χ3n) is 1.39. The zero-order chi connectivity index (χ0) is 8.43. The van der Waals surface area contributed by atoms with Gasteiger partial charge in [-0.3, -0.25) is 0 Å². The molecule has 0 amide bonds. The first-order valence-corrected chi connectivity index (χ1v) is 4.02. The van der Waals surface area contributed by atoms with Gasteiger partial charge in [0.15, 0.2) is 0 Å². The predicted octanol–water partition coefficient (Wildman–Crippen LogP) is 3.62. The second-order valence-electron chi connectivity index (χ2n) is 2.38. The molecule has 0 heterocycles. The summed E-state index contributed by atoms with van der Waals surface area (Å²) in [5.41, 5.74) is 1.29. The summed E-state index contributed by atoms with van der Waals surface area (Å²) < 4.78 is 13.8. The summed E-state index contributed by atoms with van der Waals surface area (Å²) in [4.78, 5) is 0. The highest BCUT2D eigenvalue weighted by molar-refractivity contribution is 9.10. The SMILES string of the molecule is C=C(C)c1c(F)cccc1Br. The van der Waals surface area contributed by atoms with E-state index in [1.165, 1.54) is 6.07 Å². The van der Waals surface area contributed by atoms with E-state index in [2.05, 4.69) is 22.5 Å². The summed E-state index contributed by atoms with van der Waals surface area (Å²) in [5, 5.41) is 0. The molecule has 0 bridgehead atoms. The Balaban J connectivity index is 3.32. The molecule has 0 atom stereocenters. The van der Waals surface area contributed by atoms with Crippen molar-refractivity contribution in [2.75, 3.05) is 0 Å². The molecule has 0 saturated heterocycles. The van der Waals surface area contributed by atoms with E-state index >= 15 is 0 Å². The molecule has 0 nitrogen and oxygen atoms in total. The second-order valence-corrected chi connectivity index (χ2v) is 3.23. The monoisotopic (exact) mass is 214 g/mol. The van der Waals surface area contributed by atoms with Crippen LogP contribution >= 0.6 is 15.9 Å². The van der Waals surface area contributed by atoms with Crippen molar-refractivity contribution in [2.24, 2.45) is 0 Å². The first kappa shape index (κ1) is 8.47. The van der Waals surface area contributed by atoms with Crippen molar-refractivity contribution in [1.29, 1.82) is 0 Å². The first-order chi connectivity index (χ1) is 5.13. The molecular formula is C9H8BrF. The van der Waals surface area contributed by atoms with Crippen molar-refractivity contribution in [2.45, 2.75) is 6.92 Å². The fraction of sp³-hybridized carbons (Fsp3) is 0.111. The molecule has 0 aliphatic heterocycles. The molecular weight excluding hydrogens is 207 g/mol. The van der Waals surface area contributed by atoms with Gasteiger partial charge in [-0.15, -0.1) is 0 Å².